The van der Waals surface area contributed by atoms with E-state index in [2.05, 4.69) is 47.7 Å². The Labute approximate surface area is 357 Å². The Morgan fingerprint density at radius 1 is 0.678 bits per heavy atom. The van der Waals surface area contributed by atoms with Crippen LogP contribution in [0.4, 0.5) is 0 Å². The fourth-order valence-electron chi connectivity index (χ4n) is 7.06. The number of amides is 1. The van der Waals surface area contributed by atoms with Crippen LogP contribution in [0.25, 0.3) is 0 Å². The zero-order valence-corrected chi connectivity index (χ0v) is 37.2. The van der Waals surface area contributed by atoms with Crippen molar-refractivity contribution in [1.82, 2.24) is 5.32 Å². The lowest BCUT2D eigenvalue weighted by atomic mass is 9.99. The standard InChI is InChI=1S/C45H83NO12S/c1-3-5-7-9-11-13-15-17-18-19-20-22-24-26-28-30-32-34-39(49)44(52)46-37(38(48)33-31-29-27-25-23-21-16-14-12-10-8-6-4-2)36-56-45-42(51)43(58-59(53,54)55)41(50)40(35-47)57-45/h20,22-23,25,31,33,37-43,45,47-51H,3-19,21,24,26-30,32,34-36H2,1-2H3,(H,46,52)(H,53,54,55)/b22-20-,25-23+,33-31+. The molecular formula is C45H83NO12S. The maximum atomic E-state index is 13.1. The maximum absolute atomic E-state index is 13.1. The van der Waals surface area contributed by atoms with Crippen LogP contribution in [0.2, 0.25) is 0 Å². The molecule has 1 amide bonds. The highest BCUT2D eigenvalue weighted by molar-refractivity contribution is 7.80. The molecule has 0 saturated carbocycles. The van der Waals surface area contributed by atoms with Crippen LogP contribution in [0.15, 0.2) is 36.5 Å². The smallest absolute Gasteiger partial charge is 0.394 e. The predicted octanol–water partition coefficient (Wildman–Crippen LogP) is 7.69. The maximum Gasteiger partial charge on any atom is 0.397 e. The van der Waals surface area contributed by atoms with E-state index in [1.54, 1.807) is 6.08 Å². The number of carbonyl (C=O) groups excluding carboxylic acids is 1. The van der Waals surface area contributed by atoms with Crippen molar-refractivity contribution in [2.24, 2.45) is 0 Å². The first-order valence-electron chi connectivity index (χ1n) is 23.0. The van der Waals surface area contributed by atoms with Crippen LogP contribution >= 0.6 is 0 Å². The molecule has 0 radical (unpaired) electrons. The molecule has 1 heterocycles. The number of carbonyl (C=O) groups is 1. The van der Waals surface area contributed by atoms with E-state index >= 15 is 0 Å². The van der Waals surface area contributed by atoms with E-state index in [-0.39, 0.29) is 6.42 Å². The van der Waals surface area contributed by atoms with Crippen molar-refractivity contribution in [3.63, 3.8) is 0 Å². The van der Waals surface area contributed by atoms with Crippen molar-refractivity contribution in [2.45, 2.75) is 230 Å². The molecule has 0 spiro atoms. The van der Waals surface area contributed by atoms with Crippen LogP contribution in [0.5, 0.6) is 0 Å². The van der Waals surface area contributed by atoms with Gasteiger partial charge in [0.15, 0.2) is 6.29 Å². The summed E-state index contributed by atoms with van der Waals surface area (Å²) in [7, 11) is -5.12. The number of allylic oxidation sites excluding steroid dienone is 5. The van der Waals surface area contributed by atoms with Gasteiger partial charge >= 0.3 is 10.4 Å². The Kier molecular flexibility index (Phi) is 33.6. The molecule has 0 aromatic carbocycles. The Balaban J connectivity index is 2.61. The van der Waals surface area contributed by atoms with Crippen molar-refractivity contribution in [3.05, 3.63) is 36.5 Å². The van der Waals surface area contributed by atoms with Crippen molar-refractivity contribution in [2.75, 3.05) is 13.2 Å². The van der Waals surface area contributed by atoms with Gasteiger partial charge in [0, 0.05) is 0 Å². The molecule has 8 atom stereocenters. The van der Waals surface area contributed by atoms with E-state index < -0.39 is 78.5 Å². The molecule has 1 aliphatic heterocycles. The van der Waals surface area contributed by atoms with Gasteiger partial charge in [-0.15, -0.1) is 0 Å². The average molecular weight is 862 g/mol. The number of hydrogen-bond acceptors (Lipinski definition) is 11. The molecule has 7 N–H and O–H groups in total. The van der Waals surface area contributed by atoms with Gasteiger partial charge in [-0.2, -0.15) is 8.42 Å². The predicted molar refractivity (Wildman–Crippen MR) is 233 cm³/mol. The lowest BCUT2D eigenvalue weighted by Crippen LogP contribution is -2.61. The molecule has 0 aliphatic carbocycles. The van der Waals surface area contributed by atoms with Gasteiger partial charge in [0.1, 0.15) is 30.5 Å². The summed E-state index contributed by atoms with van der Waals surface area (Å²) in [5, 5.41) is 55.1. The molecule has 13 nitrogen and oxygen atoms in total. The second-order valence-electron chi connectivity index (χ2n) is 16.1. The summed E-state index contributed by atoms with van der Waals surface area (Å²) < 4.78 is 47.4. The third-order valence-electron chi connectivity index (χ3n) is 10.8. The van der Waals surface area contributed by atoms with Crippen LogP contribution in [0, 0.1) is 0 Å². The van der Waals surface area contributed by atoms with Crippen LogP contribution in [-0.4, -0.2) is 107 Å². The fraction of sp³-hybridized carbons (Fsp3) is 0.844. The Morgan fingerprint density at radius 2 is 1.14 bits per heavy atom. The molecule has 8 unspecified atom stereocenters. The molecule has 14 heteroatoms. The quantitative estimate of drug-likeness (QED) is 0.0181. The van der Waals surface area contributed by atoms with E-state index in [1.807, 2.05) is 0 Å². The van der Waals surface area contributed by atoms with Gasteiger partial charge in [0.25, 0.3) is 0 Å². The first-order valence-corrected chi connectivity index (χ1v) is 24.3. The van der Waals surface area contributed by atoms with Gasteiger partial charge in [-0.1, -0.05) is 159 Å². The number of nitrogens with one attached hydrogen (secondary N) is 1. The van der Waals surface area contributed by atoms with Crippen molar-refractivity contribution < 1.29 is 57.0 Å². The summed E-state index contributed by atoms with van der Waals surface area (Å²) in [5.74, 6) is -0.722. The van der Waals surface area contributed by atoms with Gasteiger partial charge in [-0.25, -0.2) is 4.18 Å². The summed E-state index contributed by atoms with van der Waals surface area (Å²) in [6.45, 7) is 3.17. The Bertz CT molecular complexity index is 1220. The number of rotatable bonds is 38. The Morgan fingerprint density at radius 3 is 1.63 bits per heavy atom. The number of aliphatic hydroxyl groups is 5. The second-order valence-corrected chi connectivity index (χ2v) is 17.2. The summed E-state index contributed by atoms with van der Waals surface area (Å²) in [4.78, 5) is 13.1. The summed E-state index contributed by atoms with van der Waals surface area (Å²) in [6.07, 6.45) is 29.5. The highest BCUT2D eigenvalue weighted by atomic mass is 32.3. The molecule has 1 saturated heterocycles. The van der Waals surface area contributed by atoms with E-state index in [0.717, 1.165) is 51.4 Å². The van der Waals surface area contributed by atoms with Crippen molar-refractivity contribution in [3.8, 4) is 0 Å². The lowest BCUT2D eigenvalue weighted by molar-refractivity contribution is -0.298. The largest absolute Gasteiger partial charge is 0.397 e. The van der Waals surface area contributed by atoms with Gasteiger partial charge in [0.05, 0.1) is 25.4 Å². The zero-order valence-electron chi connectivity index (χ0n) is 36.4. The summed E-state index contributed by atoms with van der Waals surface area (Å²) >= 11 is 0. The number of aliphatic hydroxyl groups excluding tert-OH is 5. The van der Waals surface area contributed by atoms with Gasteiger partial charge in [0.2, 0.25) is 5.91 Å². The molecular weight excluding hydrogens is 779 g/mol. The van der Waals surface area contributed by atoms with Crippen molar-refractivity contribution in [1.29, 1.82) is 0 Å². The minimum Gasteiger partial charge on any atom is -0.394 e. The molecule has 0 bridgehead atoms. The third-order valence-corrected chi connectivity index (χ3v) is 11.2. The van der Waals surface area contributed by atoms with Crippen LogP contribution in [0.1, 0.15) is 181 Å². The molecule has 59 heavy (non-hydrogen) atoms. The molecule has 1 fully saturated rings. The summed E-state index contributed by atoms with van der Waals surface area (Å²) in [6, 6.07) is -1.14. The highest BCUT2D eigenvalue weighted by Crippen LogP contribution is 2.26. The van der Waals surface area contributed by atoms with Gasteiger partial charge in [-0.3, -0.25) is 9.35 Å². The van der Waals surface area contributed by atoms with Crippen LogP contribution in [0.3, 0.4) is 0 Å². The van der Waals surface area contributed by atoms with Crippen LogP contribution in [-0.2, 0) is 28.9 Å². The van der Waals surface area contributed by atoms with E-state index in [0.29, 0.717) is 12.8 Å². The molecule has 1 rings (SSSR count). The van der Waals surface area contributed by atoms with E-state index in [9.17, 15) is 38.7 Å². The number of ether oxygens (including phenoxy) is 2. The SMILES string of the molecule is CCCCCCCCC/C=C/CC/C=C/C(O)C(COC1OC(CO)C(O)C(OS(=O)(=O)O)C1O)NC(=O)C(O)CCCCCC/C=C\CCCCCCCCCCC. The lowest BCUT2D eigenvalue weighted by Gasteiger charge is -2.41. The molecule has 1 aliphatic rings. The molecule has 0 aromatic rings. The fourth-order valence-corrected chi connectivity index (χ4v) is 7.57. The molecule has 0 aromatic heterocycles. The number of hydrogen-bond donors (Lipinski definition) is 7. The number of unbranched alkanes of at least 4 members (excludes halogenated alkanes) is 21. The zero-order chi connectivity index (χ0) is 43.6. The first kappa shape index (κ1) is 55.3. The van der Waals surface area contributed by atoms with E-state index in [4.69, 9.17) is 14.0 Å². The van der Waals surface area contributed by atoms with Gasteiger partial charge in [-0.05, 0) is 57.8 Å². The highest BCUT2D eigenvalue weighted by Gasteiger charge is 2.48. The second kappa shape index (κ2) is 35.8. The van der Waals surface area contributed by atoms with Crippen molar-refractivity contribution >= 4 is 16.3 Å². The molecule has 346 valence electrons. The van der Waals surface area contributed by atoms with E-state index in [1.165, 1.54) is 102 Å². The minimum absolute atomic E-state index is 0.222. The summed E-state index contributed by atoms with van der Waals surface area (Å²) in [5.41, 5.74) is 0. The Hall–Kier alpha value is -1.72. The normalized spacial score (nSPS) is 21.8. The first-order chi connectivity index (χ1) is 28.4. The minimum atomic E-state index is -5.12. The van der Waals surface area contributed by atoms with Crippen LogP contribution < -0.4 is 5.32 Å². The monoisotopic (exact) mass is 862 g/mol. The average Bonchev–Trinajstić information content (AvgIpc) is 3.20. The van der Waals surface area contributed by atoms with Gasteiger partial charge < -0.3 is 40.3 Å². The third kappa shape index (κ3) is 28.5. The topological polar surface area (TPSA) is 212 Å².